The molecule has 0 aliphatic rings. The van der Waals surface area contributed by atoms with Crippen LogP contribution in [-0.2, 0) is 0 Å². The summed E-state index contributed by atoms with van der Waals surface area (Å²) >= 11 is 0. The molecule has 15 heteroatoms. The van der Waals surface area contributed by atoms with Gasteiger partial charge in [-0.25, -0.2) is 0 Å². The molecule has 164 valence electrons. The predicted molar refractivity (Wildman–Crippen MR) is 62.4 cm³/mol. The minimum Gasteiger partial charge on any atom is -0.396 e. The number of halogens is 13. The third-order valence-corrected chi connectivity index (χ3v) is 3.49. The van der Waals surface area contributed by atoms with Crippen molar-refractivity contribution in [1.29, 1.82) is 0 Å². The van der Waals surface area contributed by atoms with Crippen LogP contribution < -0.4 is 0 Å². The summed E-state index contributed by atoms with van der Waals surface area (Å²) in [5, 5.41) is 17.5. The fourth-order valence-corrected chi connectivity index (χ4v) is 1.78. The SMILES string of the molecule is OCCCC(O)CCC(F)(F)C(F)(F)C(F)(F)C(F)(F)C(F)(F)C(F)(F)F. The third kappa shape index (κ3) is 4.54. The van der Waals surface area contributed by atoms with Crippen molar-refractivity contribution in [1.82, 2.24) is 0 Å². The molecule has 0 aromatic carbocycles. The van der Waals surface area contributed by atoms with E-state index >= 15 is 0 Å². The Hall–Kier alpha value is -0.990. The van der Waals surface area contributed by atoms with Gasteiger partial charge in [-0.3, -0.25) is 0 Å². The Bertz CT molecular complexity index is 486. The molecule has 2 N–H and O–H groups in total. The minimum absolute atomic E-state index is 0.241. The lowest BCUT2D eigenvalue weighted by molar-refractivity contribution is -0.440. The van der Waals surface area contributed by atoms with Gasteiger partial charge < -0.3 is 10.2 Å². The number of hydrogen-bond acceptors (Lipinski definition) is 2. The van der Waals surface area contributed by atoms with Gasteiger partial charge in [0.2, 0.25) is 0 Å². The summed E-state index contributed by atoms with van der Waals surface area (Å²) in [6.45, 7) is -0.583. The van der Waals surface area contributed by atoms with E-state index in [0.29, 0.717) is 0 Å². The van der Waals surface area contributed by atoms with Crippen LogP contribution in [0.5, 0.6) is 0 Å². The molecule has 0 heterocycles. The maximum atomic E-state index is 13.3. The molecule has 0 aromatic rings. The van der Waals surface area contributed by atoms with E-state index in [9.17, 15) is 57.1 Å². The highest BCUT2D eigenvalue weighted by Crippen LogP contribution is 2.60. The smallest absolute Gasteiger partial charge is 0.396 e. The Morgan fingerprint density at radius 1 is 0.593 bits per heavy atom. The van der Waals surface area contributed by atoms with Crippen LogP contribution in [0.2, 0.25) is 0 Å². The van der Waals surface area contributed by atoms with Crippen LogP contribution in [-0.4, -0.2) is 58.7 Å². The zero-order valence-electron chi connectivity index (χ0n) is 12.9. The molecule has 2 nitrogen and oxygen atoms in total. The molecular weight excluding hydrogens is 423 g/mol. The number of aliphatic hydroxyl groups is 2. The standard InChI is InChI=1S/C12H13F13O2/c13-7(14,4-3-6(27)2-1-5-26)8(15,16)9(17,18)10(19,20)11(21,22)12(23,24)25/h6,26-27H,1-5H2. The van der Waals surface area contributed by atoms with Gasteiger partial charge in [0.1, 0.15) is 0 Å². The van der Waals surface area contributed by atoms with Crippen LogP contribution in [0.25, 0.3) is 0 Å². The average molecular weight is 436 g/mol. The fraction of sp³-hybridized carbons (Fsp3) is 1.00. The number of rotatable bonds is 10. The first-order valence-electron chi connectivity index (χ1n) is 6.95. The van der Waals surface area contributed by atoms with Gasteiger partial charge in [0.25, 0.3) is 0 Å². The molecule has 1 atom stereocenters. The summed E-state index contributed by atoms with van der Waals surface area (Å²) in [6.07, 6.45) is -13.9. The Labute approximate surface area is 142 Å². The van der Waals surface area contributed by atoms with Gasteiger partial charge in [-0.1, -0.05) is 0 Å². The van der Waals surface area contributed by atoms with Gasteiger partial charge in [-0.15, -0.1) is 0 Å². The maximum Gasteiger partial charge on any atom is 0.460 e. The maximum absolute atomic E-state index is 13.3. The number of hydrogen-bond donors (Lipinski definition) is 2. The van der Waals surface area contributed by atoms with Crippen molar-refractivity contribution in [2.24, 2.45) is 0 Å². The minimum atomic E-state index is -7.92. The summed E-state index contributed by atoms with van der Waals surface area (Å²) in [4.78, 5) is 0. The molecule has 27 heavy (non-hydrogen) atoms. The van der Waals surface area contributed by atoms with E-state index < -0.39 is 67.8 Å². The molecule has 0 spiro atoms. The van der Waals surface area contributed by atoms with Crippen molar-refractivity contribution in [2.75, 3.05) is 6.61 Å². The monoisotopic (exact) mass is 436 g/mol. The van der Waals surface area contributed by atoms with Gasteiger partial charge in [-0.05, 0) is 19.3 Å². The van der Waals surface area contributed by atoms with E-state index in [0.717, 1.165) is 0 Å². The van der Waals surface area contributed by atoms with E-state index in [2.05, 4.69) is 0 Å². The van der Waals surface area contributed by atoms with Gasteiger partial charge >= 0.3 is 35.8 Å². The molecular formula is C12H13F13O2. The Balaban J connectivity index is 5.74. The van der Waals surface area contributed by atoms with Gasteiger partial charge in [0.05, 0.1) is 6.10 Å². The lowest BCUT2D eigenvalue weighted by atomic mass is 9.91. The van der Waals surface area contributed by atoms with Crippen molar-refractivity contribution in [2.45, 2.75) is 67.6 Å². The second kappa shape index (κ2) is 7.79. The topological polar surface area (TPSA) is 40.5 Å². The van der Waals surface area contributed by atoms with E-state index in [1.54, 1.807) is 0 Å². The highest BCUT2D eigenvalue weighted by molar-refractivity contribution is 5.10. The van der Waals surface area contributed by atoms with Crippen LogP contribution in [0.1, 0.15) is 25.7 Å². The zero-order chi connectivity index (χ0) is 22.1. The van der Waals surface area contributed by atoms with Gasteiger partial charge in [0.15, 0.2) is 0 Å². The van der Waals surface area contributed by atoms with Crippen molar-refractivity contribution in [3.8, 4) is 0 Å². The van der Waals surface area contributed by atoms with E-state index in [1.807, 2.05) is 0 Å². The first-order chi connectivity index (χ1) is 11.7. The molecule has 0 rings (SSSR count). The highest BCUT2D eigenvalue weighted by atomic mass is 19.4. The van der Waals surface area contributed by atoms with E-state index in [1.165, 1.54) is 0 Å². The van der Waals surface area contributed by atoms with Crippen molar-refractivity contribution < 1.29 is 67.3 Å². The Morgan fingerprint density at radius 2 is 1.00 bits per heavy atom. The van der Waals surface area contributed by atoms with Gasteiger partial charge in [0, 0.05) is 13.0 Å². The Morgan fingerprint density at radius 3 is 1.37 bits per heavy atom. The summed E-state index contributed by atoms with van der Waals surface area (Å²) in [7, 11) is 0. The molecule has 0 aliphatic carbocycles. The fourth-order valence-electron chi connectivity index (χ4n) is 1.78. The molecule has 0 aromatic heterocycles. The van der Waals surface area contributed by atoms with Crippen molar-refractivity contribution in [3.05, 3.63) is 0 Å². The second-order valence-electron chi connectivity index (χ2n) is 5.56. The largest absolute Gasteiger partial charge is 0.460 e. The van der Waals surface area contributed by atoms with Crippen LogP contribution in [0.15, 0.2) is 0 Å². The lowest BCUT2D eigenvalue weighted by Gasteiger charge is -2.39. The molecule has 0 saturated heterocycles. The molecule has 0 amide bonds. The second-order valence-corrected chi connectivity index (χ2v) is 5.56. The molecule has 0 saturated carbocycles. The third-order valence-electron chi connectivity index (χ3n) is 3.49. The van der Waals surface area contributed by atoms with Crippen molar-refractivity contribution in [3.63, 3.8) is 0 Å². The number of alkyl halides is 13. The lowest BCUT2D eigenvalue weighted by Crippen LogP contribution is -2.70. The summed E-state index contributed by atoms with van der Waals surface area (Å²) in [6, 6.07) is 0. The summed E-state index contributed by atoms with van der Waals surface area (Å²) < 4.78 is 166. The summed E-state index contributed by atoms with van der Waals surface area (Å²) in [5.41, 5.74) is 0. The number of aliphatic hydroxyl groups excluding tert-OH is 2. The molecule has 0 bridgehead atoms. The molecule has 1 unspecified atom stereocenters. The molecule has 0 radical (unpaired) electrons. The first-order valence-corrected chi connectivity index (χ1v) is 6.95. The van der Waals surface area contributed by atoms with E-state index in [-0.39, 0.29) is 6.42 Å². The molecule has 0 fully saturated rings. The Kier molecular flexibility index (Phi) is 7.51. The molecule has 0 aliphatic heterocycles. The highest BCUT2D eigenvalue weighted by Gasteiger charge is 2.90. The average Bonchev–Trinajstić information content (AvgIpc) is 2.49. The summed E-state index contributed by atoms with van der Waals surface area (Å²) in [5.74, 6) is -37.0. The van der Waals surface area contributed by atoms with Crippen LogP contribution in [0.4, 0.5) is 57.1 Å². The van der Waals surface area contributed by atoms with Crippen LogP contribution in [0, 0.1) is 0 Å². The normalized spacial score (nSPS) is 16.6. The van der Waals surface area contributed by atoms with E-state index in [4.69, 9.17) is 10.2 Å². The first kappa shape index (κ1) is 26.0. The predicted octanol–water partition coefficient (Wildman–Crippen LogP) is 4.64. The van der Waals surface area contributed by atoms with Gasteiger partial charge in [-0.2, -0.15) is 57.1 Å². The quantitative estimate of drug-likeness (QED) is 0.490. The zero-order valence-corrected chi connectivity index (χ0v) is 12.9. The van der Waals surface area contributed by atoms with Crippen molar-refractivity contribution >= 4 is 0 Å². The van der Waals surface area contributed by atoms with Crippen LogP contribution >= 0.6 is 0 Å². The van der Waals surface area contributed by atoms with Crippen LogP contribution in [0.3, 0.4) is 0 Å².